The topological polar surface area (TPSA) is 97.4 Å². The maximum atomic E-state index is 11.8. The number of ether oxygens (including phenoxy) is 5. The number of hydrogen-bond acceptors (Lipinski definition) is 8. The maximum absolute atomic E-state index is 11.8. The summed E-state index contributed by atoms with van der Waals surface area (Å²) in [5.74, 6) is -0.165. The van der Waals surface area contributed by atoms with Gasteiger partial charge in [-0.05, 0) is 73.4 Å². The van der Waals surface area contributed by atoms with Crippen LogP contribution in [-0.2, 0) is 23.9 Å². The molecule has 0 aliphatic rings. The molecule has 0 aliphatic heterocycles. The molecule has 3 rings (SSSR count). The van der Waals surface area contributed by atoms with Crippen molar-refractivity contribution < 1.29 is 38.1 Å². The first-order chi connectivity index (χ1) is 20.0. The van der Waals surface area contributed by atoms with Gasteiger partial charge in [0.05, 0.1) is 0 Å². The van der Waals surface area contributed by atoms with Gasteiger partial charge in [0.25, 0.3) is 0 Å². The molecule has 0 unspecified atom stereocenters. The molecule has 0 saturated carbocycles. The van der Waals surface area contributed by atoms with Crippen LogP contribution >= 0.6 is 0 Å². The summed E-state index contributed by atoms with van der Waals surface area (Å²) in [6.45, 7) is 15.7. The van der Waals surface area contributed by atoms with Gasteiger partial charge in [-0.1, -0.05) is 56.1 Å². The fourth-order valence-corrected chi connectivity index (χ4v) is 3.53. The third-order valence-corrected chi connectivity index (χ3v) is 5.73. The van der Waals surface area contributed by atoms with E-state index in [2.05, 4.69) is 19.7 Å². The van der Waals surface area contributed by atoms with Gasteiger partial charge in [0, 0.05) is 16.7 Å². The molecule has 0 N–H and O–H groups in total. The predicted molar refractivity (Wildman–Crippen MR) is 160 cm³/mol. The molecule has 0 spiro atoms. The largest absolute Gasteiger partial charge is 0.486 e. The zero-order valence-electron chi connectivity index (χ0n) is 24.1. The first kappa shape index (κ1) is 31.4. The first-order valence-corrected chi connectivity index (χ1v) is 13.2. The molecule has 0 bridgehead atoms. The third kappa shape index (κ3) is 9.23. The molecule has 0 fully saturated rings. The molecule has 0 saturated heterocycles. The van der Waals surface area contributed by atoms with Crippen LogP contribution in [0.5, 0.6) is 17.2 Å². The van der Waals surface area contributed by atoms with Crippen molar-refractivity contribution in [1.82, 2.24) is 0 Å². The van der Waals surface area contributed by atoms with E-state index in [-0.39, 0.29) is 26.4 Å². The number of rotatable bonds is 14. The Kier molecular flexibility index (Phi) is 11.3. The SMILES string of the molecule is C=C(C)C(=O)OCCOc1ccc(-c2cccc(-c3ccc(OC(=O)C(=C)C)cc3)c2)cc1OCCOC(=O)C(=C)C. The van der Waals surface area contributed by atoms with Crippen LogP contribution in [0.2, 0.25) is 0 Å². The van der Waals surface area contributed by atoms with Crippen molar-refractivity contribution >= 4 is 17.9 Å². The molecule has 42 heavy (non-hydrogen) atoms. The molecular formula is C34H34O8. The van der Waals surface area contributed by atoms with Crippen LogP contribution in [0.15, 0.2) is 103 Å². The van der Waals surface area contributed by atoms with Crippen molar-refractivity contribution in [2.45, 2.75) is 20.8 Å². The lowest BCUT2D eigenvalue weighted by Crippen LogP contribution is -2.14. The number of hydrogen-bond donors (Lipinski definition) is 0. The van der Waals surface area contributed by atoms with Gasteiger partial charge < -0.3 is 23.7 Å². The highest BCUT2D eigenvalue weighted by molar-refractivity contribution is 5.89. The van der Waals surface area contributed by atoms with Crippen LogP contribution < -0.4 is 14.2 Å². The molecule has 8 heteroatoms. The van der Waals surface area contributed by atoms with Gasteiger partial charge in [-0.3, -0.25) is 0 Å². The normalized spacial score (nSPS) is 10.3. The molecule has 0 aromatic heterocycles. The summed E-state index contributed by atoms with van der Waals surface area (Å²) in [6, 6.07) is 20.6. The Bertz CT molecular complexity index is 1480. The zero-order valence-corrected chi connectivity index (χ0v) is 24.1. The Morgan fingerprint density at radius 2 is 1.02 bits per heavy atom. The average Bonchev–Trinajstić information content (AvgIpc) is 2.97. The molecule has 0 heterocycles. The Balaban J connectivity index is 1.78. The first-order valence-electron chi connectivity index (χ1n) is 13.2. The van der Waals surface area contributed by atoms with E-state index in [4.69, 9.17) is 23.7 Å². The highest BCUT2D eigenvalue weighted by Gasteiger charge is 2.12. The van der Waals surface area contributed by atoms with Gasteiger partial charge in [0.15, 0.2) is 11.5 Å². The minimum Gasteiger partial charge on any atom is -0.486 e. The van der Waals surface area contributed by atoms with Gasteiger partial charge in [-0.2, -0.15) is 0 Å². The van der Waals surface area contributed by atoms with E-state index in [1.807, 2.05) is 48.5 Å². The summed E-state index contributed by atoms with van der Waals surface area (Å²) in [7, 11) is 0. The summed E-state index contributed by atoms with van der Waals surface area (Å²) in [6.07, 6.45) is 0. The smallest absolute Gasteiger partial charge is 0.338 e. The van der Waals surface area contributed by atoms with Gasteiger partial charge in [-0.15, -0.1) is 0 Å². The Morgan fingerprint density at radius 1 is 0.548 bits per heavy atom. The molecule has 0 atom stereocenters. The van der Waals surface area contributed by atoms with Gasteiger partial charge in [0.2, 0.25) is 0 Å². The molecule has 3 aromatic carbocycles. The van der Waals surface area contributed by atoms with Crippen LogP contribution in [0, 0.1) is 0 Å². The number of esters is 3. The number of carbonyl (C=O) groups is 3. The van der Waals surface area contributed by atoms with Crippen molar-refractivity contribution in [2.75, 3.05) is 26.4 Å². The standard InChI is InChI=1S/C34H34O8/c1-22(2)32(35)40-18-16-38-30-15-12-28(21-31(30)39-17-19-41-33(36)23(3)4)27-9-7-8-26(20-27)25-10-13-29(14-11-25)42-34(37)24(5)6/h7-15,20-21H,1,3,5,16-19H2,2,4,6H3. The van der Waals surface area contributed by atoms with Crippen LogP contribution in [-0.4, -0.2) is 44.3 Å². The number of benzene rings is 3. The summed E-state index contributed by atoms with van der Waals surface area (Å²) >= 11 is 0. The van der Waals surface area contributed by atoms with Crippen molar-refractivity contribution in [3.63, 3.8) is 0 Å². The summed E-state index contributed by atoms with van der Waals surface area (Å²) in [5, 5.41) is 0. The van der Waals surface area contributed by atoms with Gasteiger partial charge in [0.1, 0.15) is 32.2 Å². The van der Waals surface area contributed by atoms with Crippen LogP contribution in [0.1, 0.15) is 20.8 Å². The highest BCUT2D eigenvalue weighted by atomic mass is 16.6. The lowest BCUT2D eigenvalue weighted by Gasteiger charge is -2.15. The van der Waals surface area contributed by atoms with Crippen LogP contribution in [0.25, 0.3) is 22.3 Å². The maximum Gasteiger partial charge on any atom is 0.338 e. The molecule has 218 valence electrons. The second-order valence-electron chi connectivity index (χ2n) is 9.47. The predicted octanol–water partition coefficient (Wildman–Crippen LogP) is 6.50. The monoisotopic (exact) mass is 570 g/mol. The molecule has 8 nitrogen and oxygen atoms in total. The van der Waals surface area contributed by atoms with E-state index < -0.39 is 17.9 Å². The minimum atomic E-state index is -0.498. The van der Waals surface area contributed by atoms with Crippen LogP contribution in [0.3, 0.4) is 0 Å². The quantitative estimate of drug-likeness (QED) is 0.0938. The number of carbonyl (C=O) groups excluding carboxylic acids is 3. The molecule has 0 radical (unpaired) electrons. The lowest BCUT2D eigenvalue weighted by atomic mass is 9.99. The molecule has 0 aliphatic carbocycles. The lowest BCUT2D eigenvalue weighted by molar-refractivity contribution is -0.140. The van der Waals surface area contributed by atoms with Crippen molar-refractivity contribution in [1.29, 1.82) is 0 Å². The fraction of sp³-hybridized carbons (Fsp3) is 0.206. The average molecular weight is 571 g/mol. The summed E-state index contributed by atoms with van der Waals surface area (Å²) in [5.41, 5.74) is 4.60. The van der Waals surface area contributed by atoms with E-state index in [0.29, 0.717) is 34.0 Å². The van der Waals surface area contributed by atoms with Gasteiger partial charge >= 0.3 is 17.9 Å². The van der Waals surface area contributed by atoms with E-state index in [9.17, 15) is 14.4 Å². The van der Waals surface area contributed by atoms with Crippen molar-refractivity contribution in [3.05, 3.63) is 103 Å². The minimum absolute atomic E-state index is 0.0265. The van der Waals surface area contributed by atoms with E-state index >= 15 is 0 Å². The van der Waals surface area contributed by atoms with E-state index in [1.165, 1.54) is 0 Å². The Morgan fingerprint density at radius 3 is 1.57 bits per heavy atom. The Hall–Kier alpha value is -5.11. The summed E-state index contributed by atoms with van der Waals surface area (Å²) < 4.78 is 27.3. The molecular weight excluding hydrogens is 536 g/mol. The van der Waals surface area contributed by atoms with Crippen LogP contribution in [0.4, 0.5) is 0 Å². The third-order valence-electron chi connectivity index (χ3n) is 5.73. The fourth-order valence-electron chi connectivity index (χ4n) is 3.53. The molecule has 0 amide bonds. The second-order valence-corrected chi connectivity index (χ2v) is 9.47. The second kappa shape index (κ2) is 15.0. The van der Waals surface area contributed by atoms with E-state index in [0.717, 1.165) is 22.3 Å². The van der Waals surface area contributed by atoms with Crippen molar-refractivity contribution in [2.24, 2.45) is 0 Å². The van der Waals surface area contributed by atoms with Crippen molar-refractivity contribution in [3.8, 4) is 39.5 Å². The molecule has 3 aromatic rings. The van der Waals surface area contributed by atoms with E-state index in [1.54, 1.807) is 39.0 Å². The van der Waals surface area contributed by atoms with Gasteiger partial charge in [-0.25, -0.2) is 14.4 Å². The zero-order chi connectivity index (χ0) is 30.6. The highest BCUT2D eigenvalue weighted by Crippen LogP contribution is 2.34. The Labute approximate surface area is 245 Å². The summed E-state index contributed by atoms with van der Waals surface area (Å²) in [4.78, 5) is 35.1.